The van der Waals surface area contributed by atoms with E-state index < -0.39 is 0 Å². The Balaban J connectivity index is 2.64. The highest BCUT2D eigenvalue weighted by molar-refractivity contribution is 8.00. The summed E-state index contributed by atoms with van der Waals surface area (Å²) in [6.45, 7) is 8.63. The van der Waals surface area contributed by atoms with E-state index in [1.54, 1.807) is 0 Å². The molecule has 0 aromatic heterocycles. The maximum absolute atomic E-state index is 11.9. The quantitative estimate of drug-likeness (QED) is 0.710. The molecule has 0 spiro atoms. The third-order valence-corrected chi connectivity index (χ3v) is 4.42. The van der Waals surface area contributed by atoms with E-state index in [0.29, 0.717) is 10.5 Å². The number of carbonyl (C=O) groups excluding carboxylic acids is 1. The summed E-state index contributed by atoms with van der Waals surface area (Å²) in [5, 5.41) is 1.21. The number of rotatable bonds is 5. The van der Waals surface area contributed by atoms with Gasteiger partial charge in [0.1, 0.15) is 6.04 Å². The van der Waals surface area contributed by atoms with Crippen LogP contribution in [-0.2, 0) is 9.53 Å². The van der Waals surface area contributed by atoms with Gasteiger partial charge in [-0.15, -0.1) is 0 Å². The monoisotopic (exact) mass is 259 g/mol. The van der Waals surface area contributed by atoms with Crippen molar-refractivity contribution in [1.29, 1.82) is 0 Å². The number of carbonyl (C=O) groups is 1. The highest BCUT2D eigenvalue weighted by atomic mass is 32.2. The van der Waals surface area contributed by atoms with Gasteiger partial charge in [0.25, 0.3) is 0 Å². The average molecular weight is 259 g/mol. The van der Waals surface area contributed by atoms with Crippen LogP contribution < -0.4 is 0 Å². The zero-order valence-electron chi connectivity index (χ0n) is 11.4. The lowest BCUT2D eigenvalue weighted by atomic mass is 10.1. The van der Waals surface area contributed by atoms with Gasteiger partial charge in [0.2, 0.25) is 0 Å². The first-order chi connectivity index (χ1) is 8.08. The molecule has 4 heteroatoms. The van der Waals surface area contributed by atoms with E-state index in [9.17, 15) is 4.79 Å². The molecule has 1 fully saturated rings. The molecule has 1 rings (SSSR count). The number of unbranched alkanes of at least 4 members (excludes halogenated alkanes) is 1. The van der Waals surface area contributed by atoms with E-state index >= 15 is 0 Å². The molecule has 3 atom stereocenters. The molecule has 3 nitrogen and oxygen atoms in total. The number of ether oxygens (including phenoxy) is 1. The standard InChI is InChI=1S/C13H25NO2S/c1-5-6-7-12(13(15)16-4)14-8-10(2)17-11(3)9-14/h10-12H,5-9H2,1-4H3. The van der Waals surface area contributed by atoms with Gasteiger partial charge in [-0.3, -0.25) is 9.69 Å². The Morgan fingerprint density at radius 1 is 1.41 bits per heavy atom. The van der Waals surface area contributed by atoms with Gasteiger partial charge in [0.15, 0.2) is 0 Å². The summed E-state index contributed by atoms with van der Waals surface area (Å²) >= 11 is 2.01. The second kappa shape index (κ2) is 7.27. The number of esters is 1. The summed E-state index contributed by atoms with van der Waals surface area (Å²) in [4.78, 5) is 14.2. The van der Waals surface area contributed by atoms with E-state index in [1.807, 2.05) is 11.8 Å². The van der Waals surface area contributed by atoms with Crippen molar-refractivity contribution in [3.63, 3.8) is 0 Å². The topological polar surface area (TPSA) is 29.5 Å². The Morgan fingerprint density at radius 3 is 2.47 bits per heavy atom. The van der Waals surface area contributed by atoms with E-state index in [2.05, 4.69) is 25.7 Å². The van der Waals surface area contributed by atoms with Crippen LogP contribution in [0, 0.1) is 0 Å². The predicted molar refractivity (Wildman–Crippen MR) is 73.4 cm³/mol. The van der Waals surface area contributed by atoms with Crippen molar-refractivity contribution >= 4 is 17.7 Å². The Bertz CT molecular complexity index is 238. The molecule has 3 unspecified atom stereocenters. The van der Waals surface area contributed by atoms with Gasteiger partial charge in [-0.1, -0.05) is 33.6 Å². The number of thioether (sulfide) groups is 1. The van der Waals surface area contributed by atoms with Crippen LogP contribution >= 0.6 is 11.8 Å². The molecule has 0 radical (unpaired) electrons. The van der Waals surface area contributed by atoms with Crippen molar-refractivity contribution in [2.45, 2.75) is 56.6 Å². The minimum atomic E-state index is -0.0650. The number of methoxy groups -OCH3 is 1. The maximum atomic E-state index is 11.9. The first-order valence-electron chi connectivity index (χ1n) is 6.55. The summed E-state index contributed by atoms with van der Waals surface area (Å²) in [5.41, 5.74) is 0. The normalized spacial score (nSPS) is 27.8. The third-order valence-electron chi connectivity index (χ3n) is 3.19. The third kappa shape index (κ3) is 4.51. The maximum Gasteiger partial charge on any atom is 0.323 e. The van der Waals surface area contributed by atoms with E-state index in [1.165, 1.54) is 7.11 Å². The lowest BCUT2D eigenvalue weighted by Gasteiger charge is -2.38. The molecule has 0 aromatic rings. The van der Waals surface area contributed by atoms with Gasteiger partial charge >= 0.3 is 5.97 Å². The molecule has 17 heavy (non-hydrogen) atoms. The number of nitrogens with zero attached hydrogens (tertiary/aromatic N) is 1. The Kier molecular flexibility index (Phi) is 6.34. The van der Waals surface area contributed by atoms with Crippen molar-refractivity contribution in [1.82, 2.24) is 4.90 Å². The van der Waals surface area contributed by atoms with Crippen LogP contribution in [-0.4, -0.2) is 47.6 Å². The van der Waals surface area contributed by atoms with Gasteiger partial charge < -0.3 is 4.74 Å². The zero-order valence-corrected chi connectivity index (χ0v) is 12.3. The lowest BCUT2D eigenvalue weighted by Crippen LogP contribution is -2.50. The molecule has 1 aliphatic heterocycles. The van der Waals surface area contributed by atoms with Crippen LogP contribution in [0.3, 0.4) is 0 Å². The van der Waals surface area contributed by atoms with Gasteiger partial charge in [-0.25, -0.2) is 0 Å². The largest absolute Gasteiger partial charge is 0.468 e. The van der Waals surface area contributed by atoms with Crippen LogP contribution in [0.1, 0.15) is 40.0 Å². The molecule has 1 heterocycles. The van der Waals surface area contributed by atoms with Crippen molar-refractivity contribution < 1.29 is 9.53 Å². The van der Waals surface area contributed by atoms with Crippen LogP contribution in [0.25, 0.3) is 0 Å². The van der Waals surface area contributed by atoms with Crippen LogP contribution in [0.4, 0.5) is 0 Å². The molecule has 1 aliphatic rings. The smallest absolute Gasteiger partial charge is 0.323 e. The molecule has 0 saturated carbocycles. The highest BCUT2D eigenvalue weighted by Crippen LogP contribution is 2.27. The zero-order chi connectivity index (χ0) is 12.8. The highest BCUT2D eigenvalue weighted by Gasteiger charge is 2.32. The summed E-state index contributed by atoms with van der Waals surface area (Å²) in [5.74, 6) is -0.0650. The summed E-state index contributed by atoms with van der Waals surface area (Å²) in [6.07, 6.45) is 3.14. The van der Waals surface area contributed by atoms with Gasteiger partial charge in [0, 0.05) is 23.6 Å². The molecule has 0 aliphatic carbocycles. The Morgan fingerprint density at radius 2 is 2.00 bits per heavy atom. The first-order valence-corrected chi connectivity index (χ1v) is 7.50. The van der Waals surface area contributed by atoms with E-state index in [-0.39, 0.29) is 12.0 Å². The van der Waals surface area contributed by atoms with Crippen molar-refractivity contribution in [3.05, 3.63) is 0 Å². The van der Waals surface area contributed by atoms with E-state index in [4.69, 9.17) is 4.74 Å². The van der Waals surface area contributed by atoms with Crippen LogP contribution in [0.5, 0.6) is 0 Å². The minimum absolute atomic E-state index is 0.0363. The molecular formula is C13H25NO2S. The molecule has 0 N–H and O–H groups in total. The molecule has 0 bridgehead atoms. The molecule has 1 saturated heterocycles. The summed E-state index contributed by atoms with van der Waals surface area (Å²) in [7, 11) is 1.49. The number of hydrogen-bond acceptors (Lipinski definition) is 4. The lowest BCUT2D eigenvalue weighted by molar-refractivity contribution is -0.147. The summed E-state index contributed by atoms with van der Waals surface area (Å²) < 4.78 is 4.95. The van der Waals surface area contributed by atoms with Gasteiger partial charge in [-0.2, -0.15) is 11.8 Å². The molecule has 100 valence electrons. The van der Waals surface area contributed by atoms with Gasteiger partial charge in [0.05, 0.1) is 7.11 Å². The fourth-order valence-corrected chi connectivity index (χ4v) is 3.80. The van der Waals surface area contributed by atoms with Crippen LogP contribution in [0.2, 0.25) is 0 Å². The van der Waals surface area contributed by atoms with Crippen molar-refractivity contribution in [2.24, 2.45) is 0 Å². The molecule has 0 amide bonds. The average Bonchev–Trinajstić information content (AvgIpc) is 2.28. The number of hydrogen-bond donors (Lipinski definition) is 0. The van der Waals surface area contributed by atoms with Crippen molar-refractivity contribution in [2.75, 3.05) is 20.2 Å². The second-order valence-electron chi connectivity index (χ2n) is 4.89. The van der Waals surface area contributed by atoms with E-state index in [0.717, 1.165) is 32.4 Å². The SMILES string of the molecule is CCCCC(C(=O)OC)N1CC(C)SC(C)C1. The predicted octanol–water partition coefficient (Wildman–Crippen LogP) is 2.54. The molecule has 0 aromatic carbocycles. The fraction of sp³-hybridized carbons (Fsp3) is 0.923. The van der Waals surface area contributed by atoms with Gasteiger partial charge in [-0.05, 0) is 6.42 Å². The summed E-state index contributed by atoms with van der Waals surface area (Å²) in [6, 6.07) is -0.0363. The molecular weight excluding hydrogens is 234 g/mol. The Labute approximate surface area is 109 Å². The second-order valence-corrected chi connectivity index (χ2v) is 6.77. The van der Waals surface area contributed by atoms with Crippen LogP contribution in [0.15, 0.2) is 0 Å². The minimum Gasteiger partial charge on any atom is -0.468 e. The fourth-order valence-electron chi connectivity index (χ4n) is 2.46. The van der Waals surface area contributed by atoms with Crippen molar-refractivity contribution in [3.8, 4) is 0 Å². The first kappa shape index (κ1) is 14.8. The Hall–Kier alpha value is -0.220.